The van der Waals surface area contributed by atoms with Crippen molar-refractivity contribution >= 4 is 28.5 Å². The minimum Gasteiger partial charge on any atom is -0.384 e. The van der Waals surface area contributed by atoms with Crippen LogP contribution >= 0.6 is 11.6 Å². The van der Waals surface area contributed by atoms with Gasteiger partial charge in [0.15, 0.2) is 5.65 Å². The molecular weight excluding hydrogens is 346 g/mol. The molecule has 128 valence electrons. The molecular formula is C20H16ClN5. The number of nitrogens with one attached hydrogen (secondary N) is 1. The van der Waals surface area contributed by atoms with E-state index in [4.69, 9.17) is 11.6 Å². The third-order valence-electron chi connectivity index (χ3n) is 4.14. The number of aromatic nitrogens is 4. The number of hydrogen-bond donors (Lipinski definition) is 1. The molecule has 1 N–H and O–H groups in total. The zero-order valence-electron chi connectivity index (χ0n) is 13.9. The average molecular weight is 362 g/mol. The highest BCUT2D eigenvalue weighted by molar-refractivity contribution is 6.32. The standard InChI is InChI=1S/C14H12ClN.C6H4N4/c15-13-8-11(10-4-2-1-3-5-10)9-14-12(13)6-7-16-14;1-2-9-6-5(8-1)3-7-4-10-6/h1-5,8-9,16H,6-7H2;1-4H. The number of anilines is 1. The van der Waals surface area contributed by atoms with Crippen molar-refractivity contribution in [1.29, 1.82) is 0 Å². The number of benzene rings is 2. The second-order valence-electron chi connectivity index (χ2n) is 5.81. The maximum Gasteiger partial charge on any atom is 0.181 e. The number of nitrogens with zero attached hydrogens (tertiary/aromatic N) is 4. The van der Waals surface area contributed by atoms with Gasteiger partial charge < -0.3 is 5.32 Å². The van der Waals surface area contributed by atoms with Crippen molar-refractivity contribution in [3.05, 3.63) is 78.0 Å². The molecule has 0 spiro atoms. The van der Waals surface area contributed by atoms with E-state index in [0.29, 0.717) is 5.65 Å². The second-order valence-corrected chi connectivity index (χ2v) is 6.22. The van der Waals surface area contributed by atoms with E-state index in [1.807, 2.05) is 18.2 Å². The van der Waals surface area contributed by atoms with E-state index in [1.165, 1.54) is 28.7 Å². The Hall–Kier alpha value is -3.05. The molecule has 6 heteroatoms. The van der Waals surface area contributed by atoms with E-state index in [-0.39, 0.29) is 0 Å². The summed E-state index contributed by atoms with van der Waals surface area (Å²) in [7, 11) is 0. The van der Waals surface area contributed by atoms with Crippen LogP contribution in [0, 0.1) is 0 Å². The van der Waals surface area contributed by atoms with Gasteiger partial charge in [-0.1, -0.05) is 41.9 Å². The van der Waals surface area contributed by atoms with Crippen LogP contribution in [0.4, 0.5) is 5.69 Å². The molecule has 0 atom stereocenters. The van der Waals surface area contributed by atoms with Crippen LogP contribution in [0.2, 0.25) is 5.02 Å². The van der Waals surface area contributed by atoms with Crippen LogP contribution in [0.5, 0.6) is 0 Å². The Balaban J connectivity index is 0.000000144. The molecule has 2 aromatic heterocycles. The number of fused-ring (bicyclic) bond motifs is 2. The van der Waals surface area contributed by atoms with Gasteiger partial charge in [0.05, 0.1) is 6.20 Å². The maximum absolute atomic E-state index is 6.28. The van der Waals surface area contributed by atoms with Crippen molar-refractivity contribution in [2.24, 2.45) is 0 Å². The molecule has 0 aliphatic carbocycles. The molecule has 0 radical (unpaired) electrons. The highest BCUT2D eigenvalue weighted by Crippen LogP contribution is 2.34. The van der Waals surface area contributed by atoms with E-state index in [1.54, 1.807) is 18.6 Å². The Morgan fingerprint density at radius 3 is 2.62 bits per heavy atom. The van der Waals surface area contributed by atoms with Gasteiger partial charge in [0, 0.05) is 29.6 Å². The minimum absolute atomic E-state index is 0.637. The number of halogens is 1. The fourth-order valence-corrected chi connectivity index (χ4v) is 3.21. The zero-order valence-corrected chi connectivity index (χ0v) is 14.7. The minimum atomic E-state index is 0.637. The molecule has 26 heavy (non-hydrogen) atoms. The van der Waals surface area contributed by atoms with Gasteiger partial charge in [-0.25, -0.2) is 19.9 Å². The zero-order chi connectivity index (χ0) is 17.8. The average Bonchev–Trinajstić information content (AvgIpc) is 3.19. The molecule has 1 aliphatic rings. The van der Waals surface area contributed by atoms with Crippen molar-refractivity contribution in [3.8, 4) is 11.1 Å². The van der Waals surface area contributed by atoms with Crippen molar-refractivity contribution in [2.75, 3.05) is 11.9 Å². The first-order valence-corrected chi connectivity index (χ1v) is 8.67. The summed E-state index contributed by atoms with van der Waals surface area (Å²) in [5.41, 5.74) is 6.19. The number of rotatable bonds is 1. The lowest BCUT2D eigenvalue weighted by Crippen LogP contribution is -1.90. The van der Waals surface area contributed by atoms with Gasteiger partial charge in [0.1, 0.15) is 11.8 Å². The Morgan fingerprint density at radius 2 is 1.77 bits per heavy atom. The van der Waals surface area contributed by atoms with Crippen molar-refractivity contribution < 1.29 is 0 Å². The van der Waals surface area contributed by atoms with E-state index in [9.17, 15) is 0 Å². The smallest absolute Gasteiger partial charge is 0.181 e. The highest BCUT2D eigenvalue weighted by Gasteiger charge is 2.14. The molecule has 0 bridgehead atoms. The van der Waals surface area contributed by atoms with Gasteiger partial charge in [-0.2, -0.15) is 0 Å². The van der Waals surface area contributed by atoms with Gasteiger partial charge in [-0.15, -0.1) is 0 Å². The Morgan fingerprint density at radius 1 is 0.923 bits per heavy atom. The predicted octanol–water partition coefficient (Wildman–Crippen LogP) is 4.39. The van der Waals surface area contributed by atoms with Crippen LogP contribution in [0.3, 0.4) is 0 Å². The molecule has 0 fully saturated rings. The van der Waals surface area contributed by atoms with Crippen molar-refractivity contribution in [3.63, 3.8) is 0 Å². The Kier molecular flexibility index (Phi) is 4.71. The largest absolute Gasteiger partial charge is 0.384 e. The van der Waals surface area contributed by atoms with Crippen LogP contribution in [0.25, 0.3) is 22.3 Å². The monoisotopic (exact) mass is 361 g/mol. The fraction of sp³-hybridized carbons (Fsp3) is 0.100. The summed E-state index contributed by atoms with van der Waals surface area (Å²) in [5.74, 6) is 0. The SMILES string of the molecule is Clc1cc(-c2ccccc2)cc2c1CCN2.c1cnc2ncncc2n1. The first-order valence-electron chi connectivity index (χ1n) is 8.30. The first-order chi connectivity index (χ1) is 12.8. The summed E-state index contributed by atoms with van der Waals surface area (Å²) >= 11 is 6.28. The van der Waals surface area contributed by atoms with E-state index in [0.717, 1.165) is 23.5 Å². The molecule has 2 aromatic carbocycles. The van der Waals surface area contributed by atoms with Gasteiger partial charge in [-0.3, -0.25) is 0 Å². The van der Waals surface area contributed by atoms with Crippen molar-refractivity contribution in [2.45, 2.75) is 6.42 Å². The topological polar surface area (TPSA) is 63.6 Å². The maximum atomic E-state index is 6.28. The number of hydrogen-bond acceptors (Lipinski definition) is 5. The van der Waals surface area contributed by atoms with Gasteiger partial charge in [-0.05, 0) is 35.2 Å². The van der Waals surface area contributed by atoms with Gasteiger partial charge >= 0.3 is 0 Å². The molecule has 0 unspecified atom stereocenters. The van der Waals surface area contributed by atoms with Crippen molar-refractivity contribution in [1.82, 2.24) is 19.9 Å². The van der Waals surface area contributed by atoms with E-state index >= 15 is 0 Å². The summed E-state index contributed by atoms with van der Waals surface area (Å²) in [5, 5.41) is 4.24. The predicted molar refractivity (Wildman–Crippen MR) is 104 cm³/mol. The molecule has 3 heterocycles. The van der Waals surface area contributed by atoms with Crippen LogP contribution in [0.15, 0.2) is 67.4 Å². The first kappa shape index (κ1) is 16.4. The molecule has 5 rings (SSSR count). The fourth-order valence-electron chi connectivity index (χ4n) is 2.89. The van der Waals surface area contributed by atoms with Crippen LogP contribution in [-0.4, -0.2) is 26.5 Å². The molecule has 5 nitrogen and oxygen atoms in total. The van der Waals surface area contributed by atoms with Gasteiger partial charge in [0.2, 0.25) is 0 Å². The summed E-state index contributed by atoms with van der Waals surface area (Å²) in [6.07, 6.45) is 7.34. The van der Waals surface area contributed by atoms with Crippen LogP contribution in [-0.2, 0) is 6.42 Å². The quantitative estimate of drug-likeness (QED) is 0.544. The lowest BCUT2D eigenvalue weighted by Gasteiger charge is -2.07. The summed E-state index contributed by atoms with van der Waals surface area (Å²) in [6.45, 7) is 0.993. The third kappa shape index (κ3) is 3.48. The normalized spacial score (nSPS) is 12.0. The Bertz CT molecular complexity index is 971. The second kappa shape index (κ2) is 7.45. The van der Waals surface area contributed by atoms with Gasteiger partial charge in [0.25, 0.3) is 0 Å². The molecule has 4 aromatic rings. The van der Waals surface area contributed by atoms with Crippen LogP contribution in [0.1, 0.15) is 5.56 Å². The summed E-state index contributed by atoms with van der Waals surface area (Å²) < 4.78 is 0. The summed E-state index contributed by atoms with van der Waals surface area (Å²) in [6, 6.07) is 14.6. The molecule has 0 amide bonds. The summed E-state index contributed by atoms with van der Waals surface area (Å²) in [4.78, 5) is 15.7. The third-order valence-corrected chi connectivity index (χ3v) is 4.48. The van der Waals surface area contributed by atoms with E-state index < -0.39 is 0 Å². The molecule has 0 saturated carbocycles. The molecule has 0 saturated heterocycles. The lowest BCUT2D eigenvalue weighted by molar-refractivity contribution is 1.11. The molecule has 1 aliphatic heterocycles. The Labute approximate surface area is 156 Å². The lowest BCUT2D eigenvalue weighted by atomic mass is 10.0. The highest BCUT2D eigenvalue weighted by atomic mass is 35.5. The van der Waals surface area contributed by atoms with E-state index in [2.05, 4.69) is 49.5 Å². The van der Waals surface area contributed by atoms with Crippen LogP contribution < -0.4 is 5.32 Å².